The van der Waals surface area contributed by atoms with Crippen molar-refractivity contribution in [1.29, 1.82) is 0 Å². The zero-order chi connectivity index (χ0) is 13.7. The predicted octanol–water partition coefficient (Wildman–Crippen LogP) is 3.12. The van der Waals surface area contributed by atoms with Gasteiger partial charge in [-0.15, -0.1) is 0 Å². The van der Waals surface area contributed by atoms with E-state index in [1.54, 1.807) is 17.7 Å². The van der Waals surface area contributed by atoms with Gasteiger partial charge in [0.15, 0.2) is 0 Å². The largest absolute Gasteiger partial charge is 0.461 e. The highest BCUT2D eigenvalue weighted by Gasteiger charge is 2.16. The Hall–Kier alpha value is -1.62. The van der Waals surface area contributed by atoms with E-state index in [0.29, 0.717) is 18.8 Å². The van der Waals surface area contributed by atoms with E-state index in [-0.39, 0.29) is 5.97 Å². The third-order valence-electron chi connectivity index (χ3n) is 2.63. The standard InChI is InChI=1S/C14H15BrN2O2/c1-2-19-14(18)13-10-12(16-17(13)9-8-15)11-6-4-3-5-7-11/h3-7,10H,2,8-9H2,1H3. The molecule has 0 atom stereocenters. The lowest BCUT2D eigenvalue weighted by Gasteiger charge is -2.04. The van der Waals surface area contributed by atoms with E-state index in [1.807, 2.05) is 30.3 Å². The molecule has 0 saturated carbocycles. The van der Waals surface area contributed by atoms with E-state index in [9.17, 15) is 4.79 Å². The molecule has 2 rings (SSSR count). The van der Waals surface area contributed by atoms with E-state index in [2.05, 4.69) is 21.0 Å². The Bertz CT molecular complexity index is 552. The predicted molar refractivity (Wildman–Crippen MR) is 77.4 cm³/mol. The van der Waals surface area contributed by atoms with Crippen LogP contribution in [0.25, 0.3) is 11.3 Å². The van der Waals surface area contributed by atoms with Gasteiger partial charge in [0, 0.05) is 10.9 Å². The molecule has 0 bridgehead atoms. The molecule has 100 valence electrons. The third kappa shape index (κ3) is 3.23. The number of aromatic nitrogens is 2. The van der Waals surface area contributed by atoms with Crippen molar-refractivity contribution >= 4 is 21.9 Å². The molecule has 0 aliphatic heterocycles. The highest BCUT2D eigenvalue weighted by molar-refractivity contribution is 9.09. The minimum Gasteiger partial charge on any atom is -0.461 e. The van der Waals surface area contributed by atoms with Gasteiger partial charge in [-0.1, -0.05) is 46.3 Å². The summed E-state index contributed by atoms with van der Waals surface area (Å²) >= 11 is 3.36. The molecular formula is C14H15BrN2O2. The molecule has 0 unspecified atom stereocenters. The summed E-state index contributed by atoms with van der Waals surface area (Å²) in [5, 5.41) is 5.19. The molecule has 0 fully saturated rings. The first-order chi connectivity index (χ1) is 9.26. The monoisotopic (exact) mass is 322 g/mol. The van der Waals surface area contributed by atoms with E-state index >= 15 is 0 Å². The summed E-state index contributed by atoms with van der Waals surface area (Å²) < 4.78 is 6.72. The van der Waals surface area contributed by atoms with Crippen LogP contribution >= 0.6 is 15.9 Å². The van der Waals surface area contributed by atoms with Gasteiger partial charge in [0.05, 0.1) is 18.8 Å². The molecule has 0 aliphatic carbocycles. The van der Waals surface area contributed by atoms with Crippen molar-refractivity contribution < 1.29 is 9.53 Å². The summed E-state index contributed by atoms with van der Waals surface area (Å²) in [4.78, 5) is 11.9. The normalized spacial score (nSPS) is 10.4. The molecule has 1 aromatic heterocycles. The van der Waals surface area contributed by atoms with Crippen molar-refractivity contribution in [3.05, 3.63) is 42.1 Å². The topological polar surface area (TPSA) is 44.1 Å². The number of nitrogens with zero attached hydrogens (tertiary/aromatic N) is 2. The van der Waals surface area contributed by atoms with Crippen LogP contribution in [-0.4, -0.2) is 27.7 Å². The van der Waals surface area contributed by atoms with Crippen LogP contribution in [-0.2, 0) is 11.3 Å². The van der Waals surface area contributed by atoms with Gasteiger partial charge < -0.3 is 4.74 Å². The molecule has 19 heavy (non-hydrogen) atoms. The lowest BCUT2D eigenvalue weighted by molar-refractivity contribution is 0.0512. The molecule has 0 N–H and O–H groups in total. The van der Waals surface area contributed by atoms with Crippen molar-refractivity contribution in [3.8, 4) is 11.3 Å². The van der Waals surface area contributed by atoms with Crippen molar-refractivity contribution in [3.63, 3.8) is 0 Å². The SMILES string of the molecule is CCOC(=O)c1cc(-c2ccccc2)nn1CCBr. The average molecular weight is 323 g/mol. The smallest absolute Gasteiger partial charge is 0.356 e. The molecular weight excluding hydrogens is 308 g/mol. The number of alkyl halides is 1. The second kappa shape index (κ2) is 6.52. The number of benzene rings is 1. The van der Waals surface area contributed by atoms with E-state index < -0.39 is 0 Å². The zero-order valence-corrected chi connectivity index (χ0v) is 12.3. The van der Waals surface area contributed by atoms with E-state index in [4.69, 9.17) is 4.74 Å². The first-order valence-corrected chi connectivity index (χ1v) is 7.24. The first-order valence-electron chi connectivity index (χ1n) is 6.12. The van der Waals surface area contributed by atoms with E-state index in [0.717, 1.165) is 16.6 Å². The molecule has 1 heterocycles. The van der Waals surface area contributed by atoms with Crippen molar-refractivity contribution in [2.75, 3.05) is 11.9 Å². The van der Waals surface area contributed by atoms with Crippen LogP contribution in [0.5, 0.6) is 0 Å². The lowest BCUT2D eigenvalue weighted by atomic mass is 10.1. The zero-order valence-electron chi connectivity index (χ0n) is 10.7. The van der Waals surface area contributed by atoms with Gasteiger partial charge in [-0.25, -0.2) is 4.79 Å². The van der Waals surface area contributed by atoms with Gasteiger partial charge in [-0.3, -0.25) is 4.68 Å². The Morgan fingerprint density at radius 1 is 1.37 bits per heavy atom. The van der Waals surface area contributed by atoms with Gasteiger partial charge in [-0.05, 0) is 13.0 Å². The summed E-state index contributed by atoms with van der Waals surface area (Å²) in [5.41, 5.74) is 2.26. The van der Waals surface area contributed by atoms with Crippen LogP contribution < -0.4 is 0 Å². The summed E-state index contributed by atoms with van der Waals surface area (Å²) in [6.07, 6.45) is 0. The molecule has 4 nitrogen and oxygen atoms in total. The number of carbonyl (C=O) groups excluding carboxylic acids is 1. The number of hydrogen-bond donors (Lipinski definition) is 0. The van der Waals surface area contributed by atoms with Crippen molar-refractivity contribution in [2.45, 2.75) is 13.5 Å². The number of aryl methyl sites for hydroxylation is 1. The third-order valence-corrected chi connectivity index (χ3v) is 2.99. The van der Waals surface area contributed by atoms with Gasteiger partial charge in [0.1, 0.15) is 5.69 Å². The molecule has 0 saturated heterocycles. The quantitative estimate of drug-likeness (QED) is 0.627. The molecule has 0 radical (unpaired) electrons. The van der Waals surface area contributed by atoms with Gasteiger partial charge in [-0.2, -0.15) is 5.10 Å². The first kappa shape index (κ1) is 13.8. The van der Waals surface area contributed by atoms with Crippen LogP contribution in [0.3, 0.4) is 0 Å². The maximum atomic E-state index is 11.9. The van der Waals surface area contributed by atoms with Crippen LogP contribution in [0.2, 0.25) is 0 Å². The lowest BCUT2D eigenvalue weighted by Crippen LogP contribution is -2.13. The number of carbonyl (C=O) groups is 1. The fourth-order valence-corrected chi connectivity index (χ4v) is 2.12. The highest BCUT2D eigenvalue weighted by Crippen LogP contribution is 2.19. The van der Waals surface area contributed by atoms with Crippen molar-refractivity contribution in [2.24, 2.45) is 0 Å². The summed E-state index contributed by atoms with van der Waals surface area (Å²) in [6.45, 7) is 2.78. The Morgan fingerprint density at radius 3 is 2.74 bits per heavy atom. The van der Waals surface area contributed by atoms with Gasteiger partial charge in [0.25, 0.3) is 0 Å². The molecule has 0 amide bonds. The molecule has 5 heteroatoms. The van der Waals surface area contributed by atoms with Gasteiger partial charge in [0.2, 0.25) is 0 Å². The van der Waals surface area contributed by atoms with Crippen LogP contribution in [0.15, 0.2) is 36.4 Å². The minimum atomic E-state index is -0.335. The number of esters is 1. The molecule has 0 aliphatic rings. The number of halogens is 1. The Morgan fingerprint density at radius 2 is 2.11 bits per heavy atom. The summed E-state index contributed by atoms with van der Waals surface area (Å²) in [5.74, 6) is -0.335. The Labute approximate surface area is 120 Å². The van der Waals surface area contributed by atoms with Crippen LogP contribution in [0.1, 0.15) is 17.4 Å². The van der Waals surface area contributed by atoms with Gasteiger partial charge >= 0.3 is 5.97 Å². The maximum Gasteiger partial charge on any atom is 0.356 e. The number of ether oxygens (including phenoxy) is 1. The van der Waals surface area contributed by atoms with E-state index in [1.165, 1.54) is 0 Å². The summed E-state index contributed by atoms with van der Waals surface area (Å²) in [7, 11) is 0. The molecule has 2 aromatic rings. The van der Waals surface area contributed by atoms with Crippen LogP contribution in [0, 0.1) is 0 Å². The van der Waals surface area contributed by atoms with Crippen molar-refractivity contribution in [1.82, 2.24) is 9.78 Å². The number of rotatable bonds is 5. The second-order valence-electron chi connectivity index (χ2n) is 3.91. The average Bonchev–Trinajstić information content (AvgIpc) is 2.85. The van der Waals surface area contributed by atoms with Crippen LogP contribution in [0.4, 0.5) is 0 Å². The minimum absolute atomic E-state index is 0.335. The molecule has 1 aromatic carbocycles. The fourth-order valence-electron chi connectivity index (χ4n) is 1.79. The maximum absolute atomic E-state index is 11.9. The Kier molecular flexibility index (Phi) is 4.74. The molecule has 0 spiro atoms. The number of hydrogen-bond acceptors (Lipinski definition) is 3. The fraction of sp³-hybridized carbons (Fsp3) is 0.286. The summed E-state index contributed by atoms with van der Waals surface area (Å²) in [6, 6.07) is 11.6. The Balaban J connectivity index is 2.37. The highest BCUT2D eigenvalue weighted by atomic mass is 79.9. The second-order valence-corrected chi connectivity index (χ2v) is 4.71.